The Hall–Kier alpha value is -1.96. The highest BCUT2D eigenvalue weighted by Gasteiger charge is 2.40. The Bertz CT molecular complexity index is 553. The van der Waals surface area contributed by atoms with Crippen molar-refractivity contribution in [1.82, 2.24) is 0 Å². The van der Waals surface area contributed by atoms with Crippen molar-refractivity contribution in [2.24, 2.45) is 5.92 Å². The molecule has 1 amide bonds. The number of carbonyl (C=O) groups excluding carboxylic acids is 1. The van der Waals surface area contributed by atoms with Gasteiger partial charge in [0, 0.05) is 5.69 Å². The fourth-order valence-corrected chi connectivity index (χ4v) is 2.11. The summed E-state index contributed by atoms with van der Waals surface area (Å²) < 4.78 is 5.45. The van der Waals surface area contributed by atoms with Crippen LogP contribution in [0.15, 0.2) is 24.3 Å². The molecule has 1 saturated carbocycles. The minimum atomic E-state index is -0.604. The Kier molecular flexibility index (Phi) is 4.27. The predicted octanol–water partition coefficient (Wildman–Crippen LogP) is 2.52. The number of benzene rings is 1. The van der Waals surface area contributed by atoms with Crippen LogP contribution in [0.5, 0.6) is 0 Å². The summed E-state index contributed by atoms with van der Waals surface area (Å²) in [5.74, 6) is 0.222. The Labute approximate surface area is 127 Å². The van der Waals surface area contributed by atoms with Crippen LogP contribution in [-0.4, -0.2) is 25.6 Å². The van der Waals surface area contributed by atoms with Crippen LogP contribution in [0, 0.1) is 17.2 Å². The molecule has 1 fully saturated rings. The number of rotatable bonds is 3. The molecular formula is C16H19BN2O2. The SMILES string of the molecule is [B]c1ccc(N(C(=O)OC(C)(C)C)C(C#N)C2CC2)cc1. The number of ether oxygens (including phenoxy) is 1. The zero-order valence-corrected chi connectivity index (χ0v) is 12.7. The van der Waals surface area contributed by atoms with Crippen molar-refractivity contribution in [1.29, 1.82) is 5.26 Å². The molecule has 21 heavy (non-hydrogen) atoms. The summed E-state index contributed by atoms with van der Waals surface area (Å²) in [6.45, 7) is 5.43. The monoisotopic (exact) mass is 282 g/mol. The molecule has 1 aromatic carbocycles. The Balaban J connectivity index is 2.32. The molecule has 1 aliphatic carbocycles. The molecule has 5 heteroatoms. The molecule has 1 unspecified atom stereocenters. The van der Waals surface area contributed by atoms with Gasteiger partial charge in [0.25, 0.3) is 0 Å². The maximum absolute atomic E-state index is 12.5. The van der Waals surface area contributed by atoms with Gasteiger partial charge in [0.15, 0.2) is 0 Å². The first kappa shape index (κ1) is 15.4. The van der Waals surface area contributed by atoms with Crippen molar-refractivity contribution < 1.29 is 9.53 Å². The maximum atomic E-state index is 12.5. The van der Waals surface area contributed by atoms with Crippen LogP contribution in [0.4, 0.5) is 10.5 Å². The van der Waals surface area contributed by atoms with E-state index >= 15 is 0 Å². The van der Waals surface area contributed by atoms with E-state index in [1.54, 1.807) is 24.3 Å². The molecule has 1 aliphatic rings. The van der Waals surface area contributed by atoms with Gasteiger partial charge >= 0.3 is 6.09 Å². The molecule has 0 spiro atoms. The molecule has 0 heterocycles. The van der Waals surface area contributed by atoms with Crippen molar-refractivity contribution >= 4 is 25.1 Å². The van der Waals surface area contributed by atoms with Gasteiger partial charge in [-0.3, -0.25) is 4.90 Å². The van der Waals surface area contributed by atoms with Crippen molar-refractivity contribution in [3.05, 3.63) is 24.3 Å². The number of amides is 1. The molecule has 1 atom stereocenters. The molecule has 2 rings (SSSR count). The quantitative estimate of drug-likeness (QED) is 0.800. The molecule has 0 aromatic heterocycles. The van der Waals surface area contributed by atoms with E-state index in [4.69, 9.17) is 12.6 Å². The molecule has 4 nitrogen and oxygen atoms in total. The van der Waals surface area contributed by atoms with Crippen LogP contribution in [-0.2, 0) is 4.74 Å². The first-order valence-electron chi connectivity index (χ1n) is 7.09. The molecule has 0 N–H and O–H groups in total. The summed E-state index contributed by atoms with van der Waals surface area (Å²) in [6, 6.07) is 8.66. The highest BCUT2D eigenvalue weighted by molar-refractivity contribution is 6.32. The summed E-state index contributed by atoms with van der Waals surface area (Å²) in [5, 5.41) is 9.45. The maximum Gasteiger partial charge on any atom is 0.415 e. The zero-order valence-electron chi connectivity index (χ0n) is 12.7. The lowest BCUT2D eigenvalue weighted by atomic mass is 9.96. The van der Waals surface area contributed by atoms with Crippen LogP contribution in [0.2, 0.25) is 0 Å². The minimum Gasteiger partial charge on any atom is -0.443 e. The van der Waals surface area contributed by atoms with E-state index in [-0.39, 0.29) is 5.92 Å². The first-order valence-corrected chi connectivity index (χ1v) is 7.09. The zero-order chi connectivity index (χ0) is 15.6. The van der Waals surface area contributed by atoms with Crippen LogP contribution < -0.4 is 10.4 Å². The predicted molar refractivity (Wildman–Crippen MR) is 82.7 cm³/mol. The van der Waals surface area contributed by atoms with Gasteiger partial charge in [0.05, 0.1) is 6.07 Å². The fourth-order valence-electron chi connectivity index (χ4n) is 2.11. The summed E-state index contributed by atoms with van der Waals surface area (Å²) in [5.41, 5.74) is 0.645. The van der Waals surface area contributed by atoms with Crippen LogP contribution in [0.3, 0.4) is 0 Å². The number of hydrogen-bond donors (Lipinski definition) is 0. The van der Waals surface area contributed by atoms with Gasteiger partial charge in [0.1, 0.15) is 19.5 Å². The van der Waals surface area contributed by atoms with Crippen molar-refractivity contribution in [2.75, 3.05) is 4.90 Å². The van der Waals surface area contributed by atoms with E-state index in [2.05, 4.69) is 6.07 Å². The van der Waals surface area contributed by atoms with Crippen LogP contribution in [0.25, 0.3) is 0 Å². The minimum absolute atomic E-state index is 0.222. The van der Waals surface area contributed by atoms with Gasteiger partial charge in [-0.05, 0) is 51.7 Å². The molecule has 108 valence electrons. The van der Waals surface area contributed by atoms with Gasteiger partial charge < -0.3 is 4.74 Å². The lowest BCUT2D eigenvalue weighted by Crippen LogP contribution is -2.44. The number of nitriles is 1. The van der Waals surface area contributed by atoms with Crippen LogP contribution >= 0.6 is 0 Å². The van der Waals surface area contributed by atoms with E-state index in [0.717, 1.165) is 12.8 Å². The third-order valence-corrected chi connectivity index (χ3v) is 3.24. The molecule has 1 aromatic rings. The largest absolute Gasteiger partial charge is 0.443 e. The second-order valence-corrected chi connectivity index (χ2v) is 6.35. The van der Waals surface area contributed by atoms with Crippen molar-refractivity contribution in [2.45, 2.75) is 45.3 Å². The van der Waals surface area contributed by atoms with Gasteiger partial charge in [-0.2, -0.15) is 5.26 Å². The summed E-state index contributed by atoms with van der Waals surface area (Å²) in [4.78, 5) is 13.9. The van der Waals surface area contributed by atoms with Gasteiger partial charge in [-0.1, -0.05) is 17.6 Å². The molecule has 0 aliphatic heterocycles. The van der Waals surface area contributed by atoms with Crippen molar-refractivity contribution in [3.63, 3.8) is 0 Å². The second-order valence-electron chi connectivity index (χ2n) is 6.35. The topological polar surface area (TPSA) is 53.3 Å². The summed E-state index contributed by atoms with van der Waals surface area (Å²) >= 11 is 0. The van der Waals surface area contributed by atoms with Gasteiger partial charge in [-0.25, -0.2) is 4.79 Å². The lowest BCUT2D eigenvalue weighted by molar-refractivity contribution is 0.0569. The molecule has 0 bridgehead atoms. The standard InChI is InChI=1S/C16H19BN2O2/c1-16(2,3)21-15(20)19(14(10-18)11-4-5-11)13-8-6-12(17)7-9-13/h6-9,11,14H,4-5H2,1-3H3. The molecular weight excluding hydrogens is 263 g/mol. The number of hydrogen-bond acceptors (Lipinski definition) is 3. The number of nitrogens with zero attached hydrogens (tertiary/aromatic N) is 2. The highest BCUT2D eigenvalue weighted by atomic mass is 16.6. The van der Waals surface area contributed by atoms with E-state index < -0.39 is 17.7 Å². The highest BCUT2D eigenvalue weighted by Crippen LogP contribution is 2.37. The average Bonchev–Trinajstić information content (AvgIpc) is 3.19. The van der Waals surface area contributed by atoms with E-state index in [1.807, 2.05) is 20.8 Å². The Morgan fingerprint density at radius 2 is 1.95 bits per heavy atom. The van der Waals surface area contributed by atoms with Crippen molar-refractivity contribution in [3.8, 4) is 6.07 Å². The van der Waals surface area contributed by atoms with Gasteiger partial charge in [0.2, 0.25) is 0 Å². The second kappa shape index (κ2) is 5.81. The van der Waals surface area contributed by atoms with E-state index in [0.29, 0.717) is 11.2 Å². The average molecular weight is 282 g/mol. The van der Waals surface area contributed by atoms with E-state index in [9.17, 15) is 10.1 Å². The third kappa shape index (κ3) is 4.01. The fraction of sp³-hybridized carbons (Fsp3) is 0.500. The number of carbonyl (C=O) groups is 1. The van der Waals surface area contributed by atoms with Crippen LogP contribution in [0.1, 0.15) is 33.6 Å². The van der Waals surface area contributed by atoms with Gasteiger partial charge in [-0.15, -0.1) is 0 Å². The first-order chi connectivity index (χ1) is 9.81. The number of anilines is 1. The molecule has 0 saturated heterocycles. The smallest absolute Gasteiger partial charge is 0.415 e. The summed E-state index contributed by atoms with van der Waals surface area (Å²) in [6.07, 6.45) is 1.43. The Morgan fingerprint density at radius 3 is 2.38 bits per heavy atom. The summed E-state index contributed by atoms with van der Waals surface area (Å²) in [7, 11) is 5.69. The Morgan fingerprint density at radius 1 is 1.38 bits per heavy atom. The lowest BCUT2D eigenvalue weighted by Gasteiger charge is -2.30. The van der Waals surface area contributed by atoms with E-state index in [1.165, 1.54) is 4.90 Å². The third-order valence-electron chi connectivity index (χ3n) is 3.24. The normalized spacial score (nSPS) is 15.9. The molecule has 2 radical (unpaired) electrons.